The van der Waals surface area contributed by atoms with E-state index >= 15 is 0 Å². The summed E-state index contributed by atoms with van der Waals surface area (Å²) in [5.41, 5.74) is 7.76. The number of benzene rings is 1. The third-order valence-electron chi connectivity index (χ3n) is 2.72. The van der Waals surface area contributed by atoms with Crippen LogP contribution >= 0.6 is 15.9 Å². The van der Waals surface area contributed by atoms with Crippen molar-refractivity contribution in [2.45, 2.75) is 18.9 Å². The Morgan fingerprint density at radius 1 is 1.28 bits per heavy atom. The molecule has 0 aliphatic rings. The van der Waals surface area contributed by atoms with Gasteiger partial charge in [-0.15, -0.1) is 0 Å². The highest BCUT2D eigenvalue weighted by Crippen LogP contribution is 2.17. The quantitative estimate of drug-likeness (QED) is 0.942. The van der Waals surface area contributed by atoms with E-state index in [9.17, 15) is 4.39 Å². The van der Waals surface area contributed by atoms with E-state index in [2.05, 4.69) is 20.9 Å². The first-order chi connectivity index (χ1) is 8.65. The van der Waals surface area contributed by atoms with Crippen LogP contribution < -0.4 is 5.73 Å². The molecule has 1 unspecified atom stereocenters. The van der Waals surface area contributed by atoms with E-state index in [1.54, 1.807) is 18.5 Å². The van der Waals surface area contributed by atoms with Crippen molar-refractivity contribution in [3.63, 3.8) is 0 Å². The third-order valence-corrected chi connectivity index (χ3v) is 3.21. The van der Waals surface area contributed by atoms with Crippen molar-refractivity contribution < 1.29 is 4.39 Å². The van der Waals surface area contributed by atoms with E-state index in [0.717, 1.165) is 10.0 Å². The zero-order chi connectivity index (χ0) is 13.0. The highest BCUT2D eigenvalue weighted by atomic mass is 79.9. The minimum absolute atomic E-state index is 0.107. The molecule has 1 aromatic carbocycles. The van der Waals surface area contributed by atoms with Crippen molar-refractivity contribution >= 4 is 15.9 Å². The zero-order valence-electron chi connectivity index (χ0n) is 9.81. The van der Waals surface area contributed by atoms with Gasteiger partial charge in [0.1, 0.15) is 5.82 Å². The van der Waals surface area contributed by atoms with Gasteiger partial charge in [-0.2, -0.15) is 0 Å². The van der Waals surface area contributed by atoms with Crippen molar-refractivity contribution in [1.82, 2.24) is 4.98 Å². The lowest BCUT2D eigenvalue weighted by molar-refractivity contribution is 0.583. The lowest BCUT2D eigenvalue weighted by Crippen LogP contribution is -2.26. The van der Waals surface area contributed by atoms with Crippen LogP contribution in [0.25, 0.3) is 0 Å². The molecule has 1 heterocycles. The molecule has 0 radical (unpaired) electrons. The molecule has 0 bridgehead atoms. The van der Waals surface area contributed by atoms with Gasteiger partial charge in [0, 0.05) is 22.9 Å². The molecule has 1 aromatic heterocycles. The number of nitrogens with two attached hydrogens (primary N) is 1. The van der Waals surface area contributed by atoms with Gasteiger partial charge in [0.05, 0.1) is 0 Å². The number of hydrogen-bond acceptors (Lipinski definition) is 2. The monoisotopic (exact) mass is 308 g/mol. The van der Waals surface area contributed by atoms with Crippen LogP contribution in [0.1, 0.15) is 11.1 Å². The molecule has 0 aliphatic heterocycles. The standard InChI is InChI=1S/C14H14BrFN2/c15-12-4-3-11(14(16)8-12)7-13(17)6-10-2-1-5-18-9-10/h1-5,8-9,13H,6-7,17H2. The van der Waals surface area contributed by atoms with Crippen LogP contribution in [0.4, 0.5) is 4.39 Å². The normalized spacial score (nSPS) is 12.4. The molecule has 94 valence electrons. The Bertz CT molecular complexity index is 516. The molecule has 0 saturated heterocycles. The van der Waals surface area contributed by atoms with Gasteiger partial charge in [-0.05, 0) is 42.2 Å². The Hall–Kier alpha value is -1.26. The van der Waals surface area contributed by atoms with Crippen LogP contribution in [0.2, 0.25) is 0 Å². The molecule has 0 amide bonds. The smallest absolute Gasteiger partial charge is 0.127 e. The minimum atomic E-state index is -0.217. The second-order valence-corrected chi connectivity index (χ2v) is 5.18. The SMILES string of the molecule is NC(Cc1cccnc1)Cc1ccc(Br)cc1F. The van der Waals surface area contributed by atoms with Crippen molar-refractivity contribution in [2.24, 2.45) is 5.73 Å². The van der Waals surface area contributed by atoms with Crippen LogP contribution in [0.3, 0.4) is 0 Å². The van der Waals surface area contributed by atoms with Crippen molar-refractivity contribution in [3.05, 3.63) is 64.1 Å². The molecular formula is C14H14BrFN2. The van der Waals surface area contributed by atoms with Crippen molar-refractivity contribution in [2.75, 3.05) is 0 Å². The summed E-state index contributed by atoms with van der Waals surface area (Å²) in [5.74, 6) is -0.217. The van der Waals surface area contributed by atoms with E-state index in [-0.39, 0.29) is 11.9 Å². The number of hydrogen-bond donors (Lipinski definition) is 1. The van der Waals surface area contributed by atoms with Crippen LogP contribution in [0.5, 0.6) is 0 Å². The molecule has 2 N–H and O–H groups in total. The average molecular weight is 309 g/mol. The van der Waals surface area contributed by atoms with Crippen molar-refractivity contribution in [3.8, 4) is 0 Å². The number of halogens is 2. The maximum Gasteiger partial charge on any atom is 0.127 e. The fourth-order valence-electron chi connectivity index (χ4n) is 1.86. The Kier molecular flexibility index (Phi) is 4.44. The Morgan fingerprint density at radius 2 is 2.11 bits per heavy atom. The summed E-state index contributed by atoms with van der Waals surface area (Å²) in [4.78, 5) is 4.04. The summed E-state index contributed by atoms with van der Waals surface area (Å²) in [6, 6.07) is 8.81. The second-order valence-electron chi connectivity index (χ2n) is 4.27. The summed E-state index contributed by atoms with van der Waals surface area (Å²) in [6.07, 6.45) is 4.73. The number of rotatable bonds is 4. The fourth-order valence-corrected chi connectivity index (χ4v) is 2.20. The van der Waals surface area contributed by atoms with Gasteiger partial charge in [0.25, 0.3) is 0 Å². The van der Waals surface area contributed by atoms with E-state index in [0.29, 0.717) is 18.4 Å². The molecule has 2 rings (SSSR count). The van der Waals surface area contributed by atoms with Gasteiger partial charge < -0.3 is 5.73 Å². The summed E-state index contributed by atoms with van der Waals surface area (Å²) in [7, 11) is 0. The first-order valence-electron chi connectivity index (χ1n) is 5.73. The highest BCUT2D eigenvalue weighted by molar-refractivity contribution is 9.10. The topological polar surface area (TPSA) is 38.9 Å². The number of aromatic nitrogens is 1. The molecule has 4 heteroatoms. The van der Waals surface area contributed by atoms with Crippen molar-refractivity contribution in [1.29, 1.82) is 0 Å². The van der Waals surface area contributed by atoms with Gasteiger partial charge in [0.2, 0.25) is 0 Å². The molecular weight excluding hydrogens is 295 g/mol. The van der Waals surface area contributed by atoms with Gasteiger partial charge in [-0.1, -0.05) is 28.1 Å². The molecule has 18 heavy (non-hydrogen) atoms. The lowest BCUT2D eigenvalue weighted by atomic mass is 10.0. The maximum atomic E-state index is 13.7. The third kappa shape index (κ3) is 3.62. The Balaban J connectivity index is 2.01. The molecule has 2 aromatic rings. The van der Waals surface area contributed by atoms with E-state index in [1.165, 1.54) is 6.07 Å². The summed E-state index contributed by atoms with van der Waals surface area (Å²) in [6.45, 7) is 0. The first kappa shape index (κ1) is 13.2. The van der Waals surface area contributed by atoms with Crippen LogP contribution in [0.15, 0.2) is 47.2 Å². The average Bonchev–Trinajstić information content (AvgIpc) is 2.34. The molecule has 0 aliphatic carbocycles. The Morgan fingerprint density at radius 3 is 2.78 bits per heavy atom. The van der Waals surface area contributed by atoms with Gasteiger partial charge in [-0.3, -0.25) is 4.98 Å². The first-order valence-corrected chi connectivity index (χ1v) is 6.53. The molecule has 0 saturated carbocycles. The minimum Gasteiger partial charge on any atom is -0.327 e. The lowest BCUT2D eigenvalue weighted by Gasteiger charge is -2.12. The van der Waals surface area contributed by atoms with Gasteiger partial charge >= 0.3 is 0 Å². The van der Waals surface area contributed by atoms with E-state index in [4.69, 9.17) is 5.73 Å². The van der Waals surface area contributed by atoms with Crippen LogP contribution in [-0.4, -0.2) is 11.0 Å². The largest absolute Gasteiger partial charge is 0.327 e. The maximum absolute atomic E-state index is 13.7. The summed E-state index contributed by atoms with van der Waals surface area (Å²) in [5, 5.41) is 0. The summed E-state index contributed by atoms with van der Waals surface area (Å²) < 4.78 is 14.4. The Labute approximate surface area is 114 Å². The van der Waals surface area contributed by atoms with E-state index < -0.39 is 0 Å². The summed E-state index contributed by atoms with van der Waals surface area (Å²) >= 11 is 3.24. The predicted octanol–water partition coefficient (Wildman–Crippen LogP) is 3.10. The molecule has 0 spiro atoms. The molecule has 0 fully saturated rings. The van der Waals surface area contributed by atoms with Gasteiger partial charge in [-0.25, -0.2) is 4.39 Å². The highest BCUT2D eigenvalue weighted by Gasteiger charge is 2.09. The van der Waals surface area contributed by atoms with Crippen LogP contribution in [-0.2, 0) is 12.8 Å². The fraction of sp³-hybridized carbons (Fsp3) is 0.214. The predicted molar refractivity (Wildman–Crippen MR) is 73.7 cm³/mol. The van der Waals surface area contributed by atoms with E-state index in [1.807, 2.05) is 18.2 Å². The number of pyridine rings is 1. The molecule has 1 atom stereocenters. The van der Waals surface area contributed by atoms with Crippen LogP contribution in [0, 0.1) is 5.82 Å². The zero-order valence-corrected chi connectivity index (χ0v) is 11.4. The number of nitrogens with zero attached hydrogens (tertiary/aromatic N) is 1. The molecule has 2 nitrogen and oxygen atoms in total. The second kappa shape index (κ2) is 6.07. The van der Waals surface area contributed by atoms with Gasteiger partial charge in [0.15, 0.2) is 0 Å².